The van der Waals surface area contributed by atoms with E-state index in [1.807, 2.05) is 0 Å². The molecule has 0 saturated heterocycles. The summed E-state index contributed by atoms with van der Waals surface area (Å²) < 4.78 is 0. The number of hydrogen-bond acceptors (Lipinski definition) is 0. The molecule has 0 amide bonds. The molecule has 0 atom stereocenters. The zero-order chi connectivity index (χ0) is 0. The van der Waals surface area contributed by atoms with Crippen LogP contribution in [-0.4, -0.2) is 27.3 Å². The molecule has 0 saturated carbocycles. The van der Waals surface area contributed by atoms with E-state index in [9.17, 15) is 0 Å². The molecule has 0 N–H and O–H groups in total. The van der Waals surface area contributed by atoms with Crippen LogP contribution in [0.15, 0.2) is 0 Å². The van der Waals surface area contributed by atoms with E-state index >= 15 is 0 Å². The van der Waals surface area contributed by atoms with E-state index in [4.69, 9.17) is 0 Å². The van der Waals surface area contributed by atoms with Crippen molar-refractivity contribution in [3.8, 4) is 0 Å². The standard InChI is InChI=1S/Pb.3Pt. The Bertz CT molecular complexity index is 3.25. The van der Waals surface area contributed by atoms with Crippen LogP contribution in [0.3, 0.4) is 0 Å². The van der Waals surface area contributed by atoms with Gasteiger partial charge in [0.2, 0.25) is 0 Å². The summed E-state index contributed by atoms with van der Waals surface area (Å²) in [4.78, 5) is 0. The molecular weight excluding hydrogens is 792 g/mol. The summed E-state index contributed by atoms with van der Waals surface area (Å²) in [5, 5.41) is 0. The Hall–Kier alpha value is 2.99. The van der Waals surface area contributed by atoms with Crippen molar-refractivity contribution >= 4 is 27.3 Å². The van der Waals surface area contributed by atoms with Crippen LogP contribution in [-0.2, 0) is 63.2 Å². The van der Waals surface area contributed by atoms with Crippen molar-refractivity contribution in [2.45, 2.75) is 0 Å². The predicted octanol–water partition coefficient (Wildman–Crippen LogP) is -0.388. The maximum Gasteiger partial charge on any atom is 0 e. The van der Waals surface area contributed by atoms with Gasteiger partial charge in [0.05, 0.1) is 0 Å². The number of hydrogen-bond donors (Lipinski definition) is 0. The molecule has 0 spiro atoms. The van der Waals surface area contributed by atoms with Gasteiger partial charge in [-0.1, -0.05) is 0 Å². The van der Waals surface area contributed by atoms with Crippen LogP contribution in [0.1, 0.15) is 0 Å². The van der Waals surface area contributed by atoms with Gasteiger partial charge in [0.1, 0.15) is 0 Å². The van der Waals surface area contributed by atoms with Crippen molar-refractivity contribution in [1.29, 1.82) is 0 Å². The average Bonchev–Trinajstić information content (AvgIpc) is 0. The van der Waals surface area contributed by atoms with Gasteiger partial charge in [-0.2, -0.15) is 0 Å². The molecule has 0 fully saturated rings. The zero-order valence-corrected chi connectivity index (χ0v) is 12.2. The van der Waals surface area contributed by atoms with E-state index in [1.165, 1.54) is 0 Å². The van der Waals surface area contributed by atoms with E-state index < -0.39 is 0 Å². The van der Waals surface area contributed by atoms with Crippen LogP contribution >= 0.6 is 0 Å². The first kappa shape index (κ1) is 28.1. The fourth-order valence-electron chi connectivity index (χ4n) is 0. The molecular formula is PbPt3. The number of rotatable bonds is 0. The summed E-state index contributed by atoms with van der Waals surface area (Å²) in [5.74, 6) is 0. The fraction of sp³-hybridized carbons (Fsp3) is 0. The Morgan fingerprint density at radius 1 is 0.500 bits per heavy atom. The quantitative estimate of drug-likeness (QED) is 0.294. The summed E-state index contributed by atoms with van der Waals surface area (Å²) in [5.41, 5.74) is 0. The second-order valence-electron chi connectivity index (χ2n) is 0. The van der Waals surface area contributed by atoms with Crippen LogP contribution in [0.2, 0.25) is 0 Å². The molecule has 4 heavy (non-hydrogen) atoms. The summed E-state index contributed by atoms with van der Waals surface area (Å²) >= 11 is 0. The molecule has 0 aromatic rings. The van der Waals surface area contributed by atoms with E-state index in [0.717, 1.165) is 0 Å². The maximum atomic E-state index is 0. The fourth-order valence-corrected chi connectivity index (χ4v) is 0. The van der Waals surface area contributed by atoms with Gasteiger partial charge >= 0.3 is 0 Å². The van der Waals surface area contributed by atoms with Crippen molar-refractivity contribution < 1.29 is 63.2 Å². The monoisotopic (exact) mass is 793 g/mol. The van der Waals surface area contributed by atoms with Gasteiger partial charge < -0.3 is 0 Å². The summed E-state index contributed by atoms with van der Waals surface area (Å²) in [7, 11) is 0. The third kappa shape index (κ3) is 8.89. The Balaban J connectivity index is 0. The maximum absolute atomic E-state index is 0. The van der Waals surface area contributed by atoms with Crippen molar-refractivity contribution in [1.82, 2.24) is 0 Å². The second-order valence-corrected chi connectivity index (χ2v) is 0. The van der Waals surface area contributed by atoms with Crippen LogP contribution in [0.5, 0.6) is 0 Å². The molecule has 0 nitrogen and oxygen atoms in total. The second kappa shape index (κ2) is 16.7. The van der Waals surface area contributed by atoms with Crippen LogP contribution in [0.25, 0.3) is 0 Å². The Kier molecular flexibility index (Phi) is 117. The third-order valence-electron chi connectivity index (χ3n) is 0. The molecule has 0 unspecified atom stereocenters. The first-order chi connectivity index (χ1) is 0. The molecule has 0 aliphatic heterocycles. The van der Waals surface area contributed by atoms with E-state index in [2.05, 4.69) is 0 Å². The van der Waals surface area contributed by atoms with Gasteiger partial charge in [0, 0.05) is 90.5 Å². The van der Waals surface area contributed by atoms with Crippen molar-refractivity contribution in [2.24, 2.45) is 0 Å². The summed E-state index contributed by atoms with van der Waals surface area (Å²) in [6.07, 6.45) is 0. The molecule has 0 aromatic carbocycles. The van der Waals surface area contributed by atoms with Crippen molar-refractivity contribution in [2.75, 3.05) is 0 Å². The molecule has 0 rings (SSSR count). The van der Waals surface area contributed by atoms with Gasteiger partial charge in [-0.15, -0.1) is 0 Å². The van der Waals surface area contributed by atoms with Crippen LogP contribution < -0.4 is 0 Å². The van der Waals surface area contributed by atoms with Gasteiger partial charge in [0.25, 0.3) is 0 Å². The molecule has 0 aromatic heterocycles. The largest absolute Gasteiger partial charge is 0 e. The van der Waals surface area contributed by atoms with Crippen LogP contribution in [0, 0.1) is 0 Å². The zero-order valence-electron chi connectivity index (χ0n) is 1.45. The van der Waals surface area contributed by atoms with E-state index in [-0.39, 0.29) is 90.5 Å². The van der Waals surface area contributed by atoms with Gasteiger partial charge in [-0.3, -0.25) is 0 Å². The Morgan fingerprint density at radius 3 is 0.500 bits per heavy atom. The molecule has 0 bridgehead atoms. The topological polar surface area (TPSA) is 0 Å². The first-order valence-corrected chi connectivity index (χ1v) is 0. The first-order valence-electron chi connectivity index (χ1n) is 0. The average molecular weight is 792 g/mol. The third-order valence-corrected chi connectivity index (χ3v) is 0. The minimum atomic E-state index is 0. The molecule has 34 valence electrons. The SMILES string of the molecule is [Pb].[Pt].[Pt].[Pt]. The minimum Gasteiger partial charge on any atom is 0 e. The Labute approximate surface area is 88.8 Å². The molecule has 4 radical (unpaired) electrons. The smallest absolute Gasteiger partial charge is 0 e. The molecule has 0 heterocycles. The van der Waals surface area contributed by atoms with Gasteiger partial charge in [-0.05, 0) is 0 Å². The summed E-state index contributed by atoms with van der Waals surface area (Å²) in [6.45, 7) is 0. The van der Waals surface area contributed by atoms with Crippen molar-refractivity contribution in [3.63, 3.8) is 0 Å². The van der Waals surface area contributed by atoms with Gasteiger partial charge in [-0.25, -0.2) is 0 Å². The minimum absolute atomic E-state index is 0. The summed E-state index contributed by atoms with van der Waals surface area (Å²) in [6, 6.07) is 0. The Morgan fingerprint density at radius 2 is 0.500 bits per heavy atom. The van der Waals surface area contributed by atoms with Crippen molar-refractivity contribution in [3.05, 3.63) is 0 Å². The van der Waals surface area contributed by atoms with E-state index in [0.29, 0.717) is 0 Å². The molecule has 0 aliphatic rings. The van der Waals surface area contributed by atoms with Gasteiger partial charge in [0.15, 0.2) is 0 Å². The predicted molar refractivity (Wildman–Crippen MR) is 5.75 cm³/mol. The van der Waals surface area contributed by atoms with E-state index in [1.54, 1.807) is 0 Å². The normalized spacial score (nSPS) is 0. The van der Waals surface area contributed by atoms with Crippen LogP contribution in [0.4, 0.5) is 0 Å². The molecule has 4 heteroatoms. The molecule has 0 aliphatic carbocycles.